The molecule has 1 N–H and O–H groups in total. The van der Waals surface area contributed by atoms with E-state index >= 15 is 0 Å². The molecule has 1 unspecified atom stereocenters. The molecule has 2 heteroatoms. The van der Waals surface area contributed by atoms with Crippen LogP contribution in [-0.2, 0) is 0 Å². The zero-order valence-corrected chi connectivity index (χ0v) is 12.9. The van der Waals surface area contributed by atoms with Gasteiger partial charge in [0.2, 0.25) is 0 Å². The quantitative estimate of drug-likeness (QED) is 0.665. The van der Waals surface area contributed by atoms with Gasteiger partial charge in [0.05, 0.1) is 0 Å². The SMILES string of the molecule is CCC1CN(CCCCCCC(C)C)CCCN1. The second-order valence-corrected chi connectivity index (χ2v) is 6.31. The van der Waals surface area contributed by atoms with Crippen LogP contribution in [0.4, 0.5) is 0 Å². The average Bonchev–Trinajstić information content (AvgIpc) is 2.58. The van der Waals surface area contributed by atoms with Crippen molar-refractivity contribution in [2.75, 3.05) is 26.2 Å². The van der Waals surface area contributed by atoms with E-state index < -0.39 is 0 Å². The summed E-state index contributed by atoms with van der Waals surface area (Å²) in [6.45, 7) is 12.1. The molecule has 0 spiro atoms. The van der Waals surface area contributed by atoms with Crippen LogP contribution in [0.1, 0.15) is 65.7 Å². The fourth-order valence-corrected chi connectivity index (χ4v) is 2.79. The van der Waals surface area contributed by atoms with Crippen LogP contribution in [0.25, 0.3) is 0 Å². The van der Waals surface area contributed by atoms with Crippen molar-refractivity contribution < 1.29 is 0 Å². The van der Waals surface area contributed by atoms with Crippen molar-refractivity contribution in [3.63, 3.8) is 0 Å². The van der Waals surface area contributed by atoms with Gasteiger partial charge in [0.1, 0.15) is 0 Å². The minimum absolute atomic E-state index is 0.730. The van der Waals surface area contributed by atoms with E-state index in [2.05, 4.69) is 31.0 Å². The maximum absolute atomic E-state index is 3.64. The third-order valence-corrected chi connectivity index (χ3v) is 4.06. The molecule has 0 radical (unpaired) electrons. The van der Waals surface area contributed by atoms with E-state index in [1.807, 2.05) is 0 Å². The zero-order valence-electron chi connectivity index (χ0n) is 12.9. The summed E-state index contributed by atoms with van der Waals surface area (Å²) in [4.78, 5) is 2.68. The maximum Gasteiger partial charge on any atom is 0.0192 e. The molecule has 1 aliphatic rings. The van der Waals surface area contributed by atoms with Crippen LogP contribution in [0.3, 0.4) is 0 Å². The topological polar surface area (TPSA) is 15.3 Å². The van der Waals surface area contributed by atoms with Crippen molar-refractivity contribution in [3.8, 4) is 0 Å². The summed E-state index contributed by atoms with van der Waals surface area (Å²) in [5.74, 6) is 0.881. The van der Waals surface area contributed by atoms with Crippen LogP contribution >= 0.6 is 0 Å². The second kappa shape index (κ2) is 9.80. The Kier molecular flexibility index (Phi) is 8.70. The highest BCUT2D eigenvalue weighted by Crippen LogP contribution is 2.11. The van der Waals surface area contributed by atoms with Gasteiger partial charge in [-0.1, -0.05) is 46.5 Å². The minimum atomic E-state index is 0.730. The summed E-state index contributed by atoms with van der Waals surface area (Å²) < 4.78 is 0. The highest BCUT2D eigenvalue weighted by molar-refractivity contribution is 4.75. The monoisotopic (exact) mass is 254 g/mol. The number of nitrogens with one attached hydrogen (secondary N) is 1. The molecular weight excluding hydrogens is 220 g/mol. The first-order chi connectivity index (χ1) is 8.72. The number of nitrogens with zero attached hydrogens (tertiary/aromatic N) is 1. The van der Waals surface area contributed by atoms with Gasteiger partial charge in [-0.25, -0.2) is 0 Å². The Morgan fingerprint density at radius 2 is 1.94 bits per heavy atom. The standard InChI is InChI=1S/C16H34N2/c1-4-16-14-18(13-9-11-17-16)12-8-6-5-7-10-15(2)3/h15-17H,4-14H2,1-3H3. The number of hydrogen-bond donors (Lipinski definition) is 1. The van der Waals surface area contributed by atoms with Gasteiger partial charge in [0, 0.05) is 12.6 Å². The molecule has 1 heterocycles. The van der Waals surface area contributed by atoms with Gasteiger partial charge in [-0.2, -0.15) is 0 Å². The molecule has 1 fully saturated rings. The lowest BCUT2D eigenvalue weighted by Gasteiger charge is -2.23. The number of rotatable bonds is 8. The van der Waals surface area contributed by atoms with Crippen molar-refractivity contribution in [1.82, 2.24) is 10.2 Å². The van der Waals surface area contributed by atoms with Gasteiger partial charge >= 0.3 is 0 Å². The molecule has 1 aliphatic heterocycles. The molecule has 1 atom stereocenters. The first-order valence-electron chi connectivity index (χ1n) is 8.18. The predicted molar refractivity (Wildman–Crippen MR) is 81.1 cm³/mol. The third-order valence-electron chi connectivity index (χ3n) is 4.06. The summed E-state index contributed by atoms with van der Waals surface area (Å²) in [6.07, 6.45) is 9.68. The molecule has 0 aromatic rings. The Morgan fingerprint density at radius 3 is 2.67 bits per heavy atom. The van der Waals surface area contributed by atoms with Crippen molar-refractivity contribution >= 4 is 0 Å². The summed E-state index contributed by atoms with van der Waals surface area (Å²) in [5, 5.41) is 3.64. The van der Waals surface area contributed by atoms with Gasteiger partial charge in [0.15, 0.2) is 0 Å². The molecule has 108 valence electrons. The van der Waals surface area contributed by atoms with Crippen LogP contribution in [0, 0.1) is 5.92 Å². The maximum atomic E-state index is 3.64. The lowest BCUT2D eigenvalue weighted by molar-refractivity contribution is 0.259. The first-order valence-corrected chi connectivity index (χ1v) is 8.18. The van der Waals surface area contributed by atoms with Crippen LogP contribution in [0.5, 0.6) is 0 Å². The minimum Gasteiger partial charge on any atom is -0.313 e. The molecular formula is C16H34N2. The highest BCUT2D eigenvalue weighted by atomic mass is 15.2. The summed E-state index contributed by atoms with van der Waals surface area (Å²) >= 11 is 0. The third kappa shape index (κ3) is 7.38. The average molecular weight is 254 g/mol. The van der Waals surface area contributed by atoms with Gasteiger partial charge in [-0.05, 0) is 44.8 Å². The van der Waals surface area contributed by atoms with Crippen molar-refractivity contribution in [2.45, 2.75) is 71.8 Å². The van der Waals surface area contributed by atoms with Crippen LogP contribution in [-0.4, -0.2) is 37.1 Å². The Hall–Kier alpha value is -0.0800. The van der Waals surface area contributed by atoms with E-state index in [1.54, 1.807) is 0 Å². The van der Waals surface area contributed by atoms with Gasteiger partial charge in [-0.3, -0.25) is 0 Å². The molecule has 1 saturated heterocycles. The summed E-state index contributed by atoms with van der Waals surface area (Å²) in [6, 6.07) is 0.730. The van der Waals surface area contributed by atoms with Gasteiger partial charge in [-0.15, -0.1) is 0 Å². The predicted octanol–water partition coefficient (Wildman–Crippen LogP) is 3.67. The van der Waals surface area contributed by atoms with E-state index in [1.165, 1.54) is 71.1 Å². The Bertz CT molecular complexity index is 192. The van der Waals surface area contributed by atoms with Gasteiger partial charge < -0.3 is 10.2 Å². The molecule has 0 amide bonds. The van der Waals surface area contributed by atoms with Gasteiger partial charge in [0.25, 0.3) is 0 Å². The van der Waals surface area contributed by atoms with Crippen LogP contribution in [0.2, 0.25) is 0 Å². The molecule has 18 heavy (non-hydrogen) atoms. The van der Waals surface area contributed by atoms with Crippen molar-refractivity contribution in [3.05, 3.63) is 0 Å². The van der Waals surface area contributed by atoms with E-state index in [-0.39, 0.29) is 0 Å². The molecule has 0 bridgehead atoms. The number of hydrogen-bond acceptors (Lipinski definition) is 2. The summed E-state index contributed by atoms with van der Waals surface area (Å²) in [5.41, 5.74) is 0. The lowest BCUT2D eigenvalue weighted by atomic mass is 10.0. The Morgan fingerprint density at radius 1 is 1.17 bits per heavy atom. The molecule has 0 aromatic carbocycles. The van der Waals surface area contributed by atoms with E-state index in [9.17, 15) is 0 Å². The fraction of sp³-hybridized carbons (Fsp3) is 1.00. The molecule has 0 aliphatic carbocycles. The molecule has 2 nitrogen and oxygen atoms in total. The summed E-state index contributed by atoms with van der Waals surface area (Å²) in [7, 11) is 0. The highest BCUT2D eigenvalue weighted by Gasteiger charge is 2.15. The Balaban J connectivity index is 2.03. The Labute approximate surface area is 115 Å². The van der Waals surface area contributed by atoms with E-state index in [0.717, 1.165) is 12.0 Å². The van der Waals surface area contributed by atoms with Crippen LogP contribution in [0.15, 0.2) is 0 Å². The normalized spacial score (nSPS) is 22.3. The first kappa shape index (κ1) is 16.0. The lowest BCUT2D eigenvalue weighted by Crippen LogP contribution is -2.37. The molecule has 0 saturated carbocycles. The van der Waals surface area contributed by atoms with Crippen molar-refractivity contribution in [2.24, 2.45) is 5.92 Å². The van der Waals surface area contributed by atoms with Crippen molar-refractivity contribution in [1.29, 1.82) is 0 Å². The second-order valence-electron chi connectivity index (χ2n) is 6.31. The number of unbranched alkanes of at least 4 members (excludes halogenated alkanes) is 3. The smallest absolute Gasteiger partial charge is 0.0192 e. The molecule has 0 aromatic heterocycles. The largest absolute Gasteiger partial charge is 0.313 e. The van der Waals surface area contributed by atoms with E-state index in [4.69, 9.17) is 0 Å². The van der Waals surface area contributed by atoms with Crippen LogP contribution < -0.4 is 5.32 Å². The zero-order chi connectivity index (χ0) is 13.2. The van der Waals surface area contributed by atoms with E-state index in [0.29, 0.717) is 0 Å². The molecule has 1 rings (SSSR count). The fourth-order valence-electron chi connectivity index (χ4n) is 2.79.